The van der Waals surface area contributed by atoms with Crippen LogP contribution in [0.1, 0.15) is 95.9 Å². The summed E-state index contributed by atoms with van der Waals surface area (Å²) in [6.45, 7) is 14.1. The van der Waals surface area contributed by atoms with Gasteiger partial charge in [-0.2, -0.15) is 26.3 Å². The number of alkyl halides is 6. The van der Waals surface area contributed by atoms with Crippen molar-refractivity contribution in [3.63, 3.8) is 0 Å². The van der Waals surface area contributed by atoms with Gasteiger partial charge in [0.2, 0.25) is 0 Å². The van der Waals surface area contributed by atoms with E-state index in [2.05, 4.69) is 34.2 Å². The highest BCUT2D eigenvalue weighted by Gasteiger charge is 2.31. The minimum atomic E-state index is -4.36. The fourth-order valence-corrected chi connectivity index (χ4v) is 5.11. The summed E-state index contributed by atoms with van der Waals surface area (Å²) in [7, 11) is 0. The number of nitrogen functional groups attached to an aromatic ring is 1. The van der Waals surface area contributed by atoms with Gasteiger partial charge in [0, 0.05) is 59.1 Å². The SMILES string of the molecule is C.C.C.CCOC(OCC)c1ccc(Br)cc1C.CCOC(OCC)c1ccc(Nc2cccc(C(F)(F)F)c2)cc1C.Nc1cccc(C(F)(F)F)c1. The van der Waals surface area contributed by atoms with E-state index in [0.717, 1.165) is 45.4 Å². The number of ether oxygens (including phenoxy) is 4. The Hall–Kier alpha value is -3.62. The molecule has 0 spiro atoms. The van der Waals surface area contributed by atoms with Crippen LogP contribution in [0.25, 0.3) is 0 Å². The number of rotatable bonds is 12. The molecule has 4 aromatic rings. The van der Waals surface area contributed by atoms with E-state index in [9.17, 15) is 26.3 Å². The molecule has 0 aromatic heterocycles. The molecule has 0 unspecified atom stereocenters. The van der Waals surface area contributed by atoms with Crippen molar-refractivity contribution in [2.45, 2.75) is 88.8 Å². The summed E-state index contributed by atoms with van der Waals surface area (Å²) < 4.78 is 97.5. The summed E-state index contributed by atoms with van der Waals surface area (Å²) >= 11 is 3.44. The van der Waals surface area contributed by atoms with Crippen LogP contribution < -0.4 is 11.1 Å². The van der Waals surface area contributed by atoms with Gasteiger partial charge in [-0.25, -0.2) is 0 Å². The lowest BCUT2D eigenvalue weighted by Gasteiger charge is -2.20. The normalized spacial score (nSPS) is 10.9. The quantitative estimate of drug-likeness (QED) is 0.0841. The molecule has 304 valence electrons. The third kappa shape index (κ3) is 17.7. The molecule has 6 nitrogen and oxygen atoms in total. The molecule has 3 N–H and O–H groups in total. The maximum Gasteiger partial charge on any atom is 0.416 e. The molecule has 0 saturated heterocycles. The van der Waals surface area contributed by atoms with Gasteiger partial charge in [0.25, 0.3) is 0 Å². The number of nitrogens with one attached hydrogen (secondary N) is 1. The Morgan fingerprint density at radius 2 is 0.981 bits per heavy atom. The first-order valence-corrected chi connectivity index (χ1v) is 17.0. The fraction of sp³-hybridized carbons (Fsp3) is 0.415. The second kappa shape index (κ2) is 25.5. The van der Waals surface area contributed by atoms with E-state index in [1.165, 1.54) is 23.8 Å². The number of nitrogens with two attached hydrogens (primary N) is 1. The average molecular weight is 836 g/mol. The van der Waals surface area contributed by atoms with Crippen LogP contribution in [-0.2, 0) is 31.3 Å². The minimum absolute atomic E-state index is 0. The van der Waals surface area contributed by atoms with E-state index < -0.39 is 29.8 Å². The van der Waals surface area contributed by atoms with Crippen LogP contribution in [-0.4, -0.2) is 26.4 Å². The van der Waals surface area contributed by atoms with Crippen molar-refractivity contribution in [3.8, 4) is 0 Å². The predicted molar refractivity (Wildman–Crippen MR) is 213 cm³/mol. The number of aryl methyl sites for hydroxylation is 2. The number of halogens is 7. The Bertz CT molecular complexity index is 1620. The lowest BCUT2D eigenvalue weighted by atomic mass is 10.1. The molecule has 0 heterocycles. The van der Waals surface area contributed by atoms with Crippen molar-refractivity contribution in [3.05, 3.63) is 123 Å². The van der Waals surface area contributed by atoms with Crippen molar-refractivity contribution in [1.29, 1.82) is 0 Å². The average Bonchev–Trinajstić information content (AvgIpc) is 3.05. The fourth-order valence-electron chi connectivity index (χ4n) is 4.64. The zero-order valence-corrected chi connectivity index (χ0v) is 31.0. The molecule has 0 radical (unpaired) electrons. The Kier molecular flexibility index (Phi) is 24.7. The van der Waals surface area contributed by atoms with Crippen LogP contribution in [0.3, 0.4) is 0 Å². The zero-order chi connectivity index (χ0) is 38.2. The highest BCUT2D eigenvalue weighted by atomic mass is 79.9. The maximum absolute atomic E-state index is 12.8. The van der Waals surface area contributed by atoms with Gasteiger partial charge < -0.3 is 30.0 Å². The molecule has 0 aliphatic heterocycles. The van der Waals surface area contributed by atoms with Crippen molar-refractivity contribution in [1.82, 2.24) is 0 Å². The van der Waals surface area contributed by atoms with Crippen molar-refractivity contribution in [2.75, 3.05) is 37.5 Å². The van der Waals surface area contributed by atoms with E-state index in [0.29, 0.717) is 37.8 Å². The van der Waals surface area contributed by atoms with Gasteiger partial charge in [-0.15, -0.1) is 0 Å². The van der Waals surface area contributed by atoms with E-state index in [4.69, 9.17) is 24.7 Å². The lowest BCUT2D eigenvalue weighted by Crippen LogP contribution is -2.10. The molecule has 0 amide bonds. The van der Waals surface area contributed by atoms with Crippen LogP contribution in [0.2, 0.25) is 0 Å². The molecule has 4 rings (SSSR count). The maximum atomic E-state index is 12.8. The summed E-state index contributed by atoms with van der Waals surface area (Å²) in [4.78, 5) is 0. The highest BCUT2D eigenvalue weighted by Crippen LogP contribution is 2.33. The zero-order valence-electron chi connectivity index (χ0n) is 29.4. The summed E-state index contributed by atoms with van der Waals surface area (Å²) in [5.41, 5.74) is 9.08. The van der Waals surface area contributed by atoms with E-state index in [1.807, 2.05) is 58.9 Å². The first-order valence-electron chi connectivity index (χ1n) is 16.2. The molecule has 13 heteroatoms. The molecule has 0 fully saturated rings. The molecule has 0 atom stereocenters. The van der Waals surface area contributed by atoms with Gasteiger partial charge in [0.15, 0.2) is 12.6 Å². The van der Waals surface area contributed by atoms with Crippen LogP contribution in [0, 0.1) is 13.8 Å². The Morgan fingerprint density at radius 3 is 1.37 bits per heavy atom. The van der Waals surface area contributed by atoms with Crippen molar-refractivity contribution >= 4 is 33.0 Å². The van der Waals surface area contributed by atoms with Crippen LogP contribution in [0.4, 0.5) is 43.4 Å². The largest absolute Gasteiger partial charge is 0.416 e. The van der Waals surface area contributed by atoms with Crippen molar-refractivity contribution < 1.29 is 45.3 Å². The molecule has 4 aromatic carbocycles. The third-order valence-electron chi connectivity index (χ3n) is 6.97. The topological polar surface area (TPSA) is 75.0 Å². The minimum Gasteiger partial charge on any atom is -0.399 e. The van der Waals surface area contributed by atoms with Gasteiger partial charge in [-0.05, 0) is 113 Å². The van der Waals surface area contributed by atoms with Crippen LogP contribution in [0.5, 0.6) is 0 Å². The molecule has 54 heavy (non-hydrogen) atoms. The lowest BCUT2D eigenvalue weighted by molar-refractivity contribution is -0.140. The van der Waals surface area contributed by atoms with Gasteiger partial charge in [0.1, 0.15) is 0 Å². The summed E-state index contributed by atoms with van der Waals surface area (Å²) in [5, 5.41) is 3.01. The number of hydrogen-bond donors (Lipinski definition) is 2. The molecule has 0 aliphatic carbocycles. The first kappa shape index (κ1) is 52.5. The van der Waals surface area contributed by atoms with Gasteiger partial charge >= 0.3 is 12.4 Å². The monoisotopic (exact) mass is 834 g/mol. The Morgan fingerprint density at radius 1 is 0.574 bits per heavy atom. The number of benzene rings is 4. The van der Waals surface area contributed by atoms with Gasteiger partial charge in [-0.1, -0.05) is 62.5 Å². The van der Waals surface area contributed by atoms with Crippen molar-refractivity contribution in [2.24, 2.45) is 0 Å². The Balaban J connectivity index is 0. The predicted octanol–water partition coefficient (Wildman–Crippen LogP) is 13.9. The van der Waals surface area contributed by atoms with Crippen LogP contribution in [0.15, 0.2) is 89.4 Å². The second-order valence-corrected chi connectivity index (χ2v) is 11.8. The third-order valence-corrected chi connectivity index (χ3v) is 7.47. The van der Waals surface area contributed by atoms with E-state index in [-0.39, 0.29) is 34.3 Å². The molecular weight excluding hydrogens is 778 g/mol. The molecule has 0 bridgehead atoms. The van der Waals surface area contributed by atoms with Gasteiger partial charge in [0.05, 0.1) is 11.1 Å². The van der Waals surface area contributed by atoms with Gasteiger partial charge in [-0.3, -0.25) is 0 Å². The second-order valence-electron chi connectivity index (χ2n) is 10.9. The smallest absolute Gasteiger partial charge is 0.399 e. The molecule has 0 saturated carbocycles. The van der Waals surface area contributed by atoms with E-state index in [1.54, 1.807) is 12.1 Å². The molecule has 0 aliphatic rings. The number of anilines is 3. The molecular formula is C41H57BrF6N2O4. The summed E-state index contributed by atoms with van der Waals surface area (Å²) in [5.74, 6) is 0. The summed E-state index contributed by atoms with van der Waals surface area (Å²) in [6, 6.07) is 21.3. The first-order chi connectivity index (χ1) is 24.0. The van der Waals surface area contributed by atoms with E-state index >= 15 is 0 Å². The number of hydrogen-bond acceptors (Lipinski definition) is 6. The standard InChI is InChI=1S/C19H22F3NO2.C12H17BrO2.C7H6F3N.3CH4/c1-4-24-18(25-5-2)17-10-9-16(11-13(17)3)23-15-8-6-7-14(12-15)19(20,21)22;1-4-14-12(15-5-2)11-7-6-10(13)8-9(11)3;8-7(9,10)5-2-1-3-6(11)4-5;;;/h6-12,18,23H,4-5H2,1-3H3;6-8,12H,4-5H2,1-3H3;1-4H,11H2;3*1H4. The highest BCUT2D eigenvalue weighted by molar-refractivity contribution is 9.10. The van der Waals surface area contributed by atoms with Crippen LogP contribution >= 0.6 is 15.9 Å². The summed E-state index contributed by atoms with van der Waals surface area (Å²) in [6.07, 6.45) is -9.35. The Labute approximate surface area is 326 Å².